The molecule has 3 aliphatic rings. The van der Waals surface area contributed by atoms with Crippen molar-refractivity contribution < 1.29 is 29.4 Å². The van der Waals surface area contributed by atoms with Crippen molar-refractivity contribution in [2.75, 3.05) is 0 Å². The number of carbonyl (C=O) groups is 4. The zero-order chi connectivity index (χ0) is 32.7. The number of hydrogen-bond acceptors (Lipinski definition) is 6. The highest BCUT2D eigenvalue weighted by molar-refractivity contribution is 6.33. The van der Waals surface area contributed by atoms with Gasteiger partial charge in [-0.25, -0.2) is 0 Å². The Morgan fingerprint density at radius 1 is 1.00 bits per heavy atom. The third-order valence-corrected chi connectivity index (χ3v) is 10.8. The van der Waals surface area contributed by atoms with E-state index in [1.165, 1.54) is 6.92 Å². The van der Waals surface area contributed by atoms with Crippen LogP contribution in [0.3, 0.4) is 0 Å². The van der Waals surface area contributed by atoms with E-state index in [2.05, 4.69) is 0 Å². The minimum atomic E-state index is -2.54. The first kappa shape index (κ1) is 31.8. The maximum absolute atomic E-state index is 14.6. The van der Waals surface area contributed by atoms with Gasteiger partial charge in [0.25, 0.3) is 0 Å². The molecule has 2 aromatic rings. The first-order valence-corrected chi connectivity index (χ1v) is 15.6. The number of phenolic OH excluding ortho intramolecular Hbond substituents is 1. The summed E-state index contributed by atoms with van der Waals surface area (Å²) in [7, 11) is 0. The zero-order valence-corrected chi connectivity index (χ0v) is 27.3. The van der Waals surface area contributed by atoms with E-state index in [0.717, 1.165) is 22.3 Å². The lowest BCUT2D eigenvalue weighted by molar-refractivity contribution is -0.192. The van der Waals surface area contributed by atoms with Gasteiger partial charge in [-0.15, -0.1) is 0 Å². The summed E-state index contributed by atoms with van der Waals surface area (Å²) in [5.41, 5.74) is -0.00367. The molecule has 5 atom stereocenters. The van der Waals surface area contributed by atoms with Crippen LogP contribution < -0.4 is 0 Å². The number of phenols is 1. The van der Waals surface area contributed by atoms with Crippen LogP contribution in [0.1, 0.15) is 106 Å². The number of rotatable bonds is 5. The van der Waals surface area contributed by atoms with Gasteiger partial charge in [-0.2, -0.15) is 0 Å². The number of aryl methyl sites for hydroxylation is 1. The number of carbonyl (C=O) groups excluding carboxylic acids is 4. The molecule has 0 heterocycles. The van der Waals surface area contributed by atoms with Crippen molar-refractivity contribution in [3.63, 3.8) is 0 Å². The first-order chi connectivity index (χ1) is 20.4. The highest BCUT2D eigenvalue weighted by atomic mass is 16.3. The Labute approximate surface area is 260 Å². The molecule has 1 fully saturated rings. The summed E-state index contributed by atoms with van der Waals surface area (Å²) in [4.78, 5) is 56.0. The topological polar surface area (TPSA) is 109 Å². The maximum Gasteiger partial charge on any atom is 0.206 e. The van der Waals surface area contributed by atoms with Crippen molar-refractivity contribution in [3.8, 4) is 5.75 Å². The third kappa shape index (κ3) is 4.32. The summed E-state index contributed by atoms with van der Waals surface area (Å²) >= 11 is 0. The van der Waals surface area contributed by atoms with Crippen LogP contribution in [0.15, 0.2) is 41.5 Å². The van der Waals surface area contributed by atoms with Crippen LogP contribution in [-0.4, -0.2) is 38.9 Å². The third-order valence-electron chi connectivity index (χ3n) is 10.8. The molecule has 2 aromatic carbocycles. The molecular formula is C38H44O6. The number of benzene rings is 2. The number of hydrogen-bond donors (Lipinski definition) is 2. The second-order valence-electron chi connectivity index (χ2n) is 14.6. The summed E-state index contributed by atoms with van der Waals surface area (Å²) in [6.07, 6.45) is 4.20. The van der Waals surface area contributed by atoms with Gasteiger partial charge in [-0.05, 0) is 79.5 Å². The van der Waals surface area contributed by atoms with E-state index >= 15 is 0 Å². The fourth-order valence-electron chi connectivity index (χ4n) is 9.11. The van der Waals surface area contributed by atoms with Gasteiger partial charge in [0.1, 0.15) is 5.75 Å². The molecule has 0 amide bonds. The Hall–Kier alpha value is -3.64. The van der Waals surface area contributed by atoms with Gasteiger partial charge in [0.15, 0.2) is 23.0 Å². The average Bonchev–Trinajstić information content (AvgIpc) is 2.90. The van der Waals surface area contributed by atoms with Crippen LogP contribution in [0.4, 0.5) is 0 Å². The van der Waals surface area contributed by atoms with E-state index in [0.29, 0.717) is 17.6 Å². The molecule has 3 aliphatic carbocycles. The minimum Gasteiger partial charge on any atom is -0.507 e. The number of aromatic hydroxyl groups is 1. The standard InChI is InChI=1S/C38H44O6/c1-19(2)26-16-25(15-14-24-12-10-21(5)11-13-24)32(40)29-27(26)17-36(8)18-37(9)30(20(3)4)22(6)28(23(7)39)34(42)38(37,44)35(43)31(36)33(29)41/h10-16,19-20,30-31,40,44H,17-18H2,1-9H3/t30-,31?,36+,37+,38-/m1/s1. The number of aliphatic hydroxyl groups is 1. The molecule has 44 heavy (non-hydrogen) atoms. The van der Waals surface area contributed by atoms with Gasteiger partial charge >= 0.3 is 0 Å². The van der Waals surface area contributed by atoms with Gasteiger partial charge in [0.2, 0.25) is 5.78 Å². The summed E-state index contributed by atoms with van der Waals surface area (Å²) in [6, 6.07) is 9.85. The number of allylic oxidation sites excluding steroid dienone is 1. The molecule has 6 nitrogen and oxygen atoms in total. The second-order valence-corrected chi connectivity index (χ2v) is 14.6. The summed E-state index contributed by atoms with van der Waals surface area (Å²) in [5.74, 6) is -4.91. The molecule has 0 spiro atoms. The van der Waals surface area contributed by atoms with Crippen LogP contribution in [0.5, 0.6) is 5.75 Å². The smallest absolute Gasteiger partial charge is 0.206 e. The lowest BCUT2D eigenvalue weighted by Crippen LogP contribution is -2.73. The van der Waals surface area contributed by atoms with Crippen molar-refractivity contribution in [3.05, 3.63) is 74.9 Å². The normalized spacial score (nSPS) is 30.2. The van der Waals surface area contributed by atoms with Crippen molar-refractivity contribution in [2.24, 2.45) is 28.6 Å². The quantitative estimate of drug-likeness (QED) is 0.223. The molecule has 0 saturated heterocycles. The molecule has 0 radical (unpaired) electrons. The molecule has 232 valence electrons. The largest absolute Gasteiger partial charge is 0.507 e. The molecule has 1 saturated carbocycles. The molecular weight excluding hydrogens is 552 g/mol. The predicted molar refractivity (Wildman–Crippen MR) is 171 cm³/mol. The lowest BCUT2D eigenvalue weighted by Gasteiger charge is -2.62. The van der Waals surface area contributed by atoms with Crippen LogP contribution in [-0.2, 0) is 20.8 Å². The van der Waals surface area contributed by atoms with Crippen LogP contribution in [0, 0.1) is 35.5 Å². The Morgan fingerprint density at radius 2 is 1.61 bits per heavy atom. The number of fused-ring (bicyclic) bond motifs is 3. The Bertz CT molecular complexity index is 1670. The monoisotopic (exact) mass is 596 g/mol. The highest BCUT2D eigenvalue weighted by Crippen LogP contribution is 2.65. The van der Waals surface area contributed by atoms with Crippen molar-refractivity contribution in [1.82, 2.24) is 0 Å². The molecule has 0 aromatic heterocycles. The van der Waals surface area contributed by atoms with E-state index in [1.807, 2.05) is 78.0 Å². The minimum absolute atomic E-state index is 0.0265. The molecule has 2 N–H and O–H groups in total. The van der Waals surface area contributed by atoms with E-state index in [-0.39, 0.29) is 35.1 Å². The van der Waals surface area contributed by atoms with Gasteiger partial charge in [0.05, 0.1) is 17.1 Å². The summed E-state index contributed by atoms with van der Waals surface area (Å²) in [5, 5.41) is 23.9. The molecule has 0 aliphatic heterocycles. The predicted octanol–water partition coefficient (Wildman–Crippen LogP) is 6.83. The highest BCUT2D eigenvalue weighted by Gasteiger charge is 2.73. The number of Topliss-reactive ketones (excluding diaryl/α,β-unsaturated/α-hetero) is 4. The second kappa shape index (κ2) is 10.5. The van der Waals surface area contributed by atoms with E-state index in [1.54, 1.807) is 19.9 Å². The van der Waals surface area contributed by atoms with Crippen LogP contribution in [0.25, 0.3) is 12.2 Å². The Kier molecular flexibility index (Phi) is 7.56. The van der Waals surface area contributed by atoms with Crippen molar-refractivity contribution >= 4 is 35.3 Å². The SMILES string of the molecule is CC(=O)C1=C(C)[C@@H](C(C)C)[C@]2(C)C[C@]3(C)Cc4c(C(C)C)cc(C=Cc5ccc(C)cc5)c(O)c4C(=O)C3C(=O)[C@]2(O)C1=O. The van der Waals surface area contributed by atoms with Crippen LogP contribution in [0.2, 0.25) is 0 Å². The summed E-state index contributed by atoms with van der Waals surface area (Å²) in [6.45, 7) is 16.7. The Morgan fingerprint density at radius 3 is 2.16 bits per heavy atom. The summed E-state index contributed by atoms with van der Waals surface area (Å²) < 4.78 is 0. The van der Waals surface area contributed by atoms with E-state index < -0.39 is 51.4 Å². The maximum atomic E-state index is 14.6. The van der Waals surface area contributed by atoms with Crippen LogP contribution >= 0.6 is 0 Å². The van der Waals surface area contributed by atoms with E-state index in [4.69, 9.17) is 0 Å². The molecule has 1 unspecified atom stereocenters. The lowest BCUT2D eigenvalue weighted by atomic mass is 9.40. The fraction of sp³-hybridized carbons (Fsp3) is 0.474. The molecule has 0 bridgehead atoms. The van der Waals surface area contributed by atoms with Crippen molar-refractivity contribution in [1.29, 1.82) is 0 Å². The molecule has 5 rings (SSSR count). The van der Waals surface area contributed by atoms with Gasteiger partial charge < -0.3 is 10.2 Å². The first-order valence-electron chi connectivity index (χ1n) is 15.6. The number of ketones is 4. The van der Waals surface area contributed by atoms with Gasteiger partial charge in [0, 0.05) is 11.0 Å². The van der Waals surface area contributed by atoms with E-state index in [9.17, 15) is 29.4 Å². The zero-order valence-electron chi connectivity index (χ0n) is 27.3. The van der Waals surface area contributed by atoms with Gasteiger partial charge in [-0.3, -0.25) is 19.2 Å². The Balaban J connectivity index is 1.71. The molecule has 6 heteroatoms. The average molecular weight is 597 g/mol. The van der Waals surface area contributed by atoms with Gasteiger partial charge in [-0.1, -0.05) is 89.1 Å². The van der Waals surface area contributed by atoms with Crippen molar-refractivity contribution in [2.45, 2.75) is 86.7 Å². The fourth-order valence-corrected chi connectivity index (χ4v) is 9.11.